The van der Waals surface area contributed by atoms with Crippen molar-refractivity contribution in [2.75, 3.05) is 0 Å². The number of dihydropyridines is 1. The van der Waals surface area contributed by atoms with Gasteiger partial charge in [-0.1, -0.05) is 0 Å². The highest BCUT2D eigenvalue weighted by atomic mass is 16.4. The predicted octanol–water partition coefficient (Wildman–Crippen LogP) is -0.438. The van der Waals surface area contributed by atoms with Crippen LogP contribution in [0.15, 0.2) is 24.0 Å². The fourth-order valence-electron chi connectivity index (χ4n) is 0.635. The summed E-state index contributed by atoms with van der Waals surface area (Å²) in [6, 6.07) is 0.0301. The van der Waals surface area contributed by atoms with Crippen LogP contribution in [-0.2, 0) is 4.79 Å². The summed E-state index contributed by atoms with van der Waals surface area (Å²) in [5, 5.41) is 11.0. The highest BCUT2D eigenvalue weighted by Gasteiger charge is 2.21. The third kappa shape index (κ3) is 1.10. The first kappa shape index (κ1) is 6.67. The first-order valence-electron chi connectivity index (χ1n) is 2.71. The molecule has 0 bridgehead atoms. The van der Waals surface area contributed by atoms with Crippen LogP contribution in [0.2, 0.25) is 0 Å². The van der Waals surface area contributed by atoms with Crippen molar-refractivity contribution < 1.29 is 9.90 Å². The third-order valence-electron chi connectivity index (χ3n) is 1.10. The van der Waals surface area contributed by atoms with E-state index in [0.717, 1.165) is 0 Å². The Balaban J connectivity index is 2.73. The zero-order valence-electron chi connectivity index (χ0n) is 5.16. The monoisotopic (exact) mass is 139 g/mol. The lowest BCUT2D eigenvalue weighted by molar-refractivity contribution is -0.134. The quantitative estimate of drug-likeness (QED) is 0.460. The molecule has 0 fully saturated rings. The smallest absolute Gasteiger partial charge is 0.339 e. The van der Waals surface area contributed by atoms with E-state index in [9.17, 15) is 4.79 Å². The van der Waals surface area contributed by atoms with Crippen LogP contribution in [0, 0.1) is 6.04 Å². The molecule has 1 aliphatic heterocycles. The standard InChI is InChI=1S/C6H7N2O2/c7-4-2-1-3-8-5(4)6(9)10/h1-3,8H,7H2,(H,9,10). The maximum Gasteiger partial charge on any atom is 0.339 e. The molecule has 1 radical (unpaired) electrons. The SMILES string of the molecule is NC1=CC=CN[C]1C(=O)O. The van der Waals surface area contributed by atoms with Crippen molar-refractivity contribution in [3.8, 4) is 0 Å². The van der Waals surface area contributed by atoms with Gasteiger partial charge in [-0.2, -0.15) is 0 Å². The van der Waals surface area contributed by atoms with Crippen LogP contribution >= 0.6 is 0 Å². The van der Waals surface area contributed by atoms with Crippen molar-refractivity contribution in [3.63, 3.8) is 0 Å². The lowest BCUT2D eigenvalue weighted by Gasteiger charge is -2.13. The molecular formula is C6H7N2O2. The second-order valence-corrected chi connectivity index (χ2v) is 1.81. The topological polar surface area (TPSA) is 75.3 Å². The van der Waals surface area contributed by atoms with Gasteiger partial charge >= 0.3 is 5.97 Å². The molecule has 0 saturated heterocycles. The number of nitrogens with two attached hydrogens (primary N) is 1. The summed E-state index contributed by atoms with van der Waals surface area (Å²) in [6.07, 6.45) is 4.68. The Bertz CT molecular complexity index is 208. The van der Waals surface area contributed by atoms with Crippen molar-refractivity contribution in [1.82, 2.24) is 5.32 Å². The molecule has 53 valence electrons. The molecule has 0 aromatic carbocycles. The molecule has 1 rings (SSSR count). The molecule has 0 aromatic rings. The van der Waals surface area contributed by atoms with E-state index in [-0.39, 0.29) is 11.7 Å². The average molecular weight is 139 g/mol. The minimum atomic E-state index is -1.04. The summed E-state index contributed by atoms with van der Waals surface area (Å²) in [4.78, 5) is 10.3. The summed E-state index contributed by atoms with van der Waals surface area (Å²) in [6.45, 7) is 0. The second kappa shape index (κ2) is 2.43. The number of carbonyl (C=O) groups is 1. The number of carboxylic acid groups (broad SMARTS) is 1. The van der Waals surface area contributed by atoms with Crippen LogP contribution in [0.3, 0.4) is 0 Å². The molecule has 4 heteroatoms. The number of aliphatic carboxylic acids is 1. The van der Waals surface area contributed by atoms with Gasteiger partial charge in [-0.3, -0.25) is 0 Å². The van der Waals surface area contributed by atoms with Crippen molar-refractivity contribution in [1.29, 1.82) is 0 Å². The maximum atomic E-state index is 10.3. The van der Waals surface area contributed by atoms with Gasteiger partial charge in [0.1, 0.15) is 0 Å². The molecule has 0 saturated carbocycles. The van der Waals surface area contributed by atoms with E-state index >= 15 is 0 Å². The first-order valence-corrected chi connectivity index (χ1v) is 2.71. The van der Waals surface area contributed by atoms with Crippen LogP contribution < -0.4 is 11.1 Å². The van der Waals surface area contributed by atoms with Gasteiger partial charge in [0.2, 0.25) is 6.04 Å². The van der Waals surface area contributed by atoms with Gasteiger partial charge in [0.25, 0.3) is 0 Å². The Morgan fingerprint density at radius 1 is 1.70 bits per heavy atom. The normalized spacial score (nSPS) is 17.8. The largest absolute Gasteiger partial charge is 0.479 e. The van der Waals surface area contributed by atoms with Crippen molar-refractivity contribution in [2.45, 2.75) is 0 Å². The lowest BCUT2D eigenvalue weighted by Crippen LogP contribution is -2.31. The Labute approximate surface area is 58.0 Å². The van der Waals surface area contributed by atoms with Crippen LogP contribution in [0.1, 0.15) is 0 Å². The van der Waals surface area contributed by atoms with E-state index in [0.29, 0.717) is 0 Å². The van der Waals surface area contributed by atoms with Crippen molar-refractivity contribution in [3.05, 3.63) is 30.1 Å². The van der Waals surface area contributed by atoms with Gasteiger partial charge in [-0.25, -0.2) is 4.79 Å². The molecule has 0 amide bonds. The zero-order chi connectivity index (χ0) is 7.56. The van der Waals surface area contributed by atoms with Gasteiger partial charge in [-0.15, -0.1) is 0 Å². The molecule has 1 heterocycles. The lowest BCUT2D eigenvalue weighted by atomic mass is 10.2. The third-order valence-corrected chi connectivity index (χ3v) is 1.10. The summed E-state index contributed by atoms with van der Waals surface area (Å²) in [7, 11) is 0. The Kier molecular flexibility index (Phi) is 1.62. The summed E-state index contributed by atoms with van der Waals surface area (Å²) in [5.74, 6) is -1.04. The highest BCUT2D eigenvalue weighted by molar-refractivity contribution is 5.87. The van der Waals surface area contributed by atoms with E-state index in [2.05, 4.69) is 5.32 Å². The van der Waals surface area contributed by atoms with Gasteiger partial charge in [0, 0.05) is 5.70 Å². The summed E-state index contributed by atoms with van der Waals surface area (Å²) in [5.41, 5.74) is 5.55. The Hall–Kier alpha value is -1.45. The molecule has 10 heavy (non-hydrogen) atoms. The summed E-state index contributed by atoms with van der Waals surface area (Å²) < 4.78 is 0. The van der Waals surface area contributed by atoms with E-state index < -0.39 is 5.97 Å². The number of hydrogen-bond acceptors (Lipinski definition) is 3. The highest BCUT2D eigenvalue weighted by Crippen LogP contribution is 2.07. The minimum Gasteiger partial charge on any atom is -0.479 e. The molecule has 4 nitrogen and oxygen atoms in total. The zero-order valence-corrected chi connectivity index (χ0v) is 5.16. The van der Waals surface area contributed by atoms with E-state index in [1.165, 1.54) is 12.3 Å². The van der Waals surface area contributed by atoms with Crippen LogP contribution in [0.4, 0.5) is 0 Å². The van der Waals surface area contributed by atoms with E-state index in [1.807, 2.05) is 0 Å². The molecule has 1 aliphatic rings. The molecule has 0 unspecified atom stereocenters. The van der Waals surface area contributed by atoms with Gasteiger partial charge in [0.05, 0.1) is 0 Å². The van der Waals surface area contributed by atoms with Crippen molar-refractivity contribution >= 4 is 5.97 Å². The first-order chi connectivity index (χ1) is 4.72. The molecular weight excluding hydrogens is 132 g/mol. The number of carboxylic acids is 1. The van der Waals surface area contributed by atoms with E-state index in [4.69, 9.17) is 10.8 Å². The maximum absolute atomic E-state index is 10.3. The van der Waals surface area contributed by atoms with E-state index in [1.54, 1.807) is 6.08 Å². The van der Waals surface area contributed by atoms with Gasteiger partial charge in [0.15, 0.2) is 0 Å². The fourth-order valence-corrected chi connectivity index (χ4v) is 0.635. The number of rotatable bonds is 1. The van der Waals surface area contributed by atoms with Crippen molar-refractivity contribution in [2.24, 2.45) is 5.73 Å². The average Bonchev–Trinajstić information content (AvgIpc) is 1.88. The van der Waals surface area contributed by atoms with Gasteiger partial charge < -0.3 is 16.2 Å². The minimum absolute atomic E-state index is 0.0301. The molecule has 0 aliphatic carbocycles. The second-order valence-electron chi connectivity index (χ2n) is 1.81. The fraction of sp³-hybridized carbons (Fsp3) is 0. The predicted molar refractivity (Wildman–Crippen MR) is 35.4 cm³/mol. The number of nitrogens with one attached hydrogen (secondary N) is 1. The van der Waals surface area contributed by atoms with Crippen LogP contribution in [-0.4, -0.2) is 11.1 Å². The van der Waals surface area contributed by atoms with Crippen LogP contribution in [0.5, 0.6) is 0 Å². The Morgan fingerprint density at radius 3 is 2.80 bits per heavy atom. The van der Waals surface area contributed by atoms with Crippen LogP contribution in [0.25, 0.3) is 0 Å². The molecule has 0 aromatic heterocycles. The number of allylic oxidation sites excluding steroid dienone is 2. The van der Waals surface area contributed by atoms with Gasteiger partial charge in [-0.05, 0) is 18.4 Å². The molecule has 0 atom stereocenters. The number of hydrogen-bond donors (Lipinski definition) is 3. The molecule has 0 spiro atoms. The Morgan fingerprint density at radius 2 is 2.40 bits per heavy atom. The molecule has 4 N–H and O–H groups in total. The summed E-state index contributed by atoms with van der Waals surface area (Å²) >= 11 is 0.